The molecule has 4 nitrogen and oxygen atoms in total. The first kappa shape index (κ1) is 28.4. The van der Waals surface area contributed by atoms with Crippen molar-refractivity contribution < 1.29 is 14.2 Å². The molecule has 1 N–H and O–H groups in total. The Bertz CT molecular complexity index is 1260. The minimum absolute atomic E-state index is 0.0810. The molecule has 0 aliphatic heterocycles. The van der Waals surface area contributed by atoms with Gasteiger partial charge < -0.3 is 19.5 Å². The highest BCUT2D eigenvalue weighted by molar-refractivity contribution is 6.31. The van der Waals surface area contributed by atoms with Gasteiger partial charge >= 0.3 is 0 Å². The van der Waals surface area contributed by atoms with E-state index in [2.05, 4.69) is 60.8 Å². The van der Waals surface area contributed by atoms with Crippen LogP contribution in [0.25, 0.3) is 0 Å². The van der Waals surface area contributed by atoms with Gasteiger partial charge in [0.25, 0.3) is 0 Å². The van der Waals surface area contributed by atoms with Crippen LogP contribution in [-0.2, 0) is 13.0 Å². The van der Waals surface area contributed by atoms with Gasteiger partial charge in [0.05, 0.1) is 19.8 Å². The van der Waals surface area contributed by atoms with Crippen LogP contribution in [0.5, 0.6) is 17.2 Å². The SMILES string of the molecule is CCCCCOc1ccc(C(CCc2cc(OC)ccc2Cl)Nc2ccc(OCc3ccccc3)cc2)cc1. The second-order valence-corrected chi connectivity index (χ2v) is 10.0. The minimum atomic E-state index is 0.0810. The second kappa shape index (κ2) is 15.1. The molecule has 5 heteroatoms. The lowest BCUT2D eigenvalue weighted by Gasteiger charge is -2.22. The van der Waals surface area contributed by atoms with Gasteiger partial charge in [-0.05, 0) is 90.6 Å². The third-order valence-corrected chi connectivity index (χ3v) is 7.07. The monoisotopic (exact) mass is 543 g/mol. The number of hydrogen-bond donors (Lipinski definition) is 1. The molecule has 0 aliphatic carbocycles. The summed E-state index contributed by atoms with van der Waals surface area (Å²) in [4.78, 5) is 0. The standard InChI is InChI=1S/C34H38ClNO3/c1-3-4-8-23-38-30-16-11-27(12-17-30)34(22-13-28-24-32(37-2)20-21-33(28)35)36-29-14-18-31(19-15-29)39-25-26-9-6-5-7-10-26/h5-7,9-12,14-21,24,34,36H,3-4,8,13,22-23,25H2,1-2H3. The van der Waals surface area contributed by atoms with Crippen LogP contribution >= 0.6 is 11.6 Å². The molecule has 4 aromatic carbocycles. The minimum Gasteiger partial charge on any atom is -0.497 e. The molecule has 0 spiro atoms. The zero-order valence-electron chi connectivity index (χ0n) is 22.9. The number of benzene rings is 4. The Hall–Kier alpha value is -3.63. The third kappa shape index (κ3) is 8.97. The first-order valence-corrected chi connectivity index (χ1v) is 14.1. The number of hydrogen-bond acceptors (Lipinski definition) is 4. The Balaban J connectivity index is 1.44. The predicted octanol–water partition coefficient (Wildman–Crippen LogP) is 9.28. The van der Waals surface area contributed by atoms with Gasteiger partial charge in [-0.1, -0.05) is 73.8 Å². The fraction of sp³-hybridized carbons (Fsp3) is 0.294. The number of halogens is 1. The first-order chi connectivity index (χ1) is 19.1. The van der Waals surface area contributed by atoms with E-state index in [1.165, 1.54) is 18.4 Å². The van der Waals surface area contributed by atoms with Crippen LogP contribution in [0.3, 0.4) is 0 Å². The molecule has 0 fully saturated rings. The Morgan fingerprint density at radius 3 is 2.18 bits per heavy atom. The van der Waals surface area contributed by atoms with Gasteiger partial charge in [-0.3, -0.25) is 0 Å². The van der Waals surface area contributed by atoms with E-state index in [0.717, 1.165) is 65.0 Å². The molecule has 0 amide bonds. The molecular weight excluding hydrogens is 506 g/mol. The van der Waals surface area contributed by atoms with Crippen molar-refractivity contribution in [1.29, 1.82) is 0 Å². The van der Waals surface area contributed by atoms with Crippen LogP contribution in [0.4, 0.5) is 5.69 Å². The molecule has 204 valence electrons. The molecule has 1 atom stereocenters. The Kier molecular flexibility index (Phi) is 11.0. The van der Waals surface area contributed by atoms with E-state index in [4.69, 9.17) is 25.8 Å². The van der Waals surface area contributed by atoms with Crippen LogP contribution in [0.15, 0.2) is 97.1 Å². The molecule has 0 aliphatic rings. The van der Waals surface area contributed by atoms with Crippen molar-refractivity contribution in [3.05, 3.63) is 119 Å². The number of anilines is 1. The van der Waals surface area contributed by atoms with Crippen LogP contribution in [0, 0.1) is 0 Å². The van der Waals surface area contributed by atoms with E-state index in [0.29, 0.717) is 6.61 Å². The van der Waals surface area contributed by atoms with Crippen molar-refractivity contribution >= 4 is 17.3 Å². The summed E-state index contributed by atoms with van der Waals surface area (Å²) >= 11 is 6.52. The van der Waals surface area contributed by atoms with Crippen molar-refractivity contribution in [2.75, 3.05) is 19.0 Å². The first-order valence-electron chi connectivity index (χ1n) is 13.7. The van der Waals surface area contributed by atoms with Gasteiger partial charge in [0.2, 0.25) is 0 Å². The third-order valence-electron chi connectivity index (χ3n) is 6.70. The molecule has 0 heterocycles. The van der Waals surface area contributed by atoms with E-state index in [1.54, 1.807) is 7.11 Å². The fourth-order valence-electron chi connectivity index (χ4n) is 4.42. The maximum Gasteiger partial charge on any atom is 0.119 e. The van der Waals surface area contributed by atoms with Crippen molar-refractivity contribution in [3.63, 3.8) is 0 Å². The lowest BCUT2D eigenvalue weighted by Crippen LogP contribution is -2.12. The normalized spacial score (nSPS) is 11.6. The van der Waals surface area contributed by atoms with E-state index in [-0.39, 0.29) is 6.04 Å². The van der Waals surface area contributed by atoms with Crippen molar-refractivity contribution in [1.82, 2.24) is 0 Å². The summed E-state index contributed by atoms with van der Waals surface area (Å²) in [5.74, 6) is 2.56. The van der Waals surface area contributed by atoms with E-state index in [1.807, 2.05) is 48.5 Å². The quantitative estimate of drug-likeness (QED) is 0.152. The molecule has 0 saturated carbocycles. The van der Waals surface area contributed by atoms with E-state index < -0.39 is 0 Å². The summed E-state index contributed by atoms with van der Waals surface area (Å²) in [7, 11) is 1.68. The maximum absolute atomic E-state index is 6.52. The summed E-state index contributed by atoms with van der Waals surface area (Å²) in [5.41, 5.74) is 4.44. The maximum atomic E-state index is 6.52. The molecule has 4 rings (SSSR count). The van der Waals surface area contributed by atoms with Crippen molar-refractivity contribution in [3.8, 4) is 17.2 Å². The molecule has 39 heavy (non-hydrogen) atoms. The molecule has 1 unspecified atom stereocenters. The highest BCUT2D eigenvalue weighted by atomic mass is 35.5. The number of methoxy groups -OCH3 is 1. The molecular formula is C34H38ClNO3. The lowest BCUT2D eigenvalue weighted by atomic mass is 9.98. The van der Waals surface area contributed by atoms with Gasteiger partial charge in [0, 0.05) is 10.7 Å². The summed E-state index contributed by atoms with van der Waals surface area (Å²) in [5, 5.41) is 4.48. The van der Waals surface area contributed by atoms with Gasteiger partial charge in [0.15, 0.2) is 0 Å². The topological polar surface area (TPSA) is 39.7 Å². The number of rotatable bonds is 15. The van der Waals surface area contributed by atoms with E-state index >= 15 is 0 Å². The zero-order chi connectivity index (χ0) is 27.3. The van der Waals surface area contributed by atoms with Gasteiger partial charge in [-0.25, -0.2) is 0 Å². The van der Waals surface area contributed by atoms with Gasteiger partial charge in [-0.15, -0.1) is 0 Å². The Morgan fingerprint density at radius 1 is 0.769 bits per heavy atom. The number of nitrogens with one attached hydrogen (secondary N) is 1. The zero-order valence-corrected chi connectivity index (χ0v) is 23.6. The molecule has 0 saturated heterocycles. The van der Waals surface area contributed by atoms with Gasteiger partial charge in [-0.2, -0.15) is 0 Å². The van der Waals surface area contributed by atoms with Crippen molar-refractivity contribution in [2.45, 2.75) is 51.7 Å². The molecule has 0 bridgehead atoms. The lowest BCUT2D eigenvalue weighted by molar-refractivity contribution is 0.306. The second-order valence-electron chi connectivity index (χ2n) is 9.62. The summed E-state index contributed by atoms with van der Waals surface area (Å²) in [6, 6.07) is 32.7. The van der Waals surface area contributed by atoms with Crippen LogP contribution in [0.1, 0.15) is 55.3 Å². The Morgan fingerprint density at radius 2 is 1.46 bits per heavy atom. The number of ether oxygens (including phenoxy) is 3. The highest BCUT2D eigenvalue weighted by Gasteiger charge is 2.14. The average molecular weight is 544 g/mol. The molecule has 0 aromatic heterocycles. The largest absolute Gasteiger partial charge is 0.497 e. The van der Waals surface area contributed by atoms with E-state index in [9.17, 15) is 0 Å². The summed E-state index contributed by atoms with van der Waals surface area (Å²) in [6.45, 7) is 3.50. The molecule has 4 aromatic rings. The Labute approximate surface area is 237 Å². The summed E-state index contributed by atoms with van der Waals surface area (Å²) in [6.07, 6.45) is 5.12. The number of unbranched alkanes of at least 4 members (excludes halogenated alkanes) is 2. The highest BCUT2D eigenvalue weighted by Crippen LogP contribution is 2.30. The number of aryl methyl sites for hydroxylation is 1. The molecule has 0 radical (unpaired) electrons. The smallest absolute Gasteiger partial charge is 0.119 e. The summed E-state index contributed by atoms with van der Waals surface area (Å²) < 4.78 is 17.3. The van der Waals surface area contributed by atoms with Crippen molar-refractivity contribution in [2.24, 2.45) is 0 Å². The van der Waals surface area contributed by atoms with Crippen LogP contribution in [0.2, 0.25) is 5.02 Å². The average Bonchev–Trinajstić information content (AvgIpc) is 2.98. The van der Waals surface area contributed by atoms with Crippen LogP contribution in [-0.4, -0.2) is 13.7 Å². The fourth-order valence-corrected chi connectivity index (χ4v) is 4.63. The van der Waals surface area contributed by atoms with Gasteiger partial charge in [0.1, 0.15) is 23.9 Å². The van der Waals surface area contributed by atoms with Crippen LogP contribution < -0.4 is 19.5 Å². The predicted molar refractivity (Wildman–Crippen MR) is 161 cm³/mol.